The van der Waals surface area contributed by atoms with Crippen LogP contribution in [0.1, 0.15) is 24.8 Å². The second kappa shape index (κ2) is 4.66. The van der Waals surface area contributed by atoms with Crippen molar-refractivity contribution in [2.45, 2.75) is 31.1 Å². The van der Waals surface area contributed by atoms with Crippen molar-refractivity contribution in [3.8, 4) is 0 Å². The van der Waals surface area contributed by atoms with Crippen molar-refractivity contribution < 1.29 is 8.42 Å². The predicted octanol–water partition coefficient (Wildman–Crippen LogP) is 1.75. The number of nitrogens with two attached hydrogens (primary N) is 1. The van der Waals surface area contributed by atoms with Gasteiger partial charge >= 0.3 is 0 Å². The molecule has 2 rings (SSSR count). The minimum absolute atomic E-state index is 0.353. The van der Waals surface area contributed by atoms with Crippen LogP contribution in [-0.4, -0.2) is 25.8 Å². The van der Waals surface area contributed by atoms with Gasteiger partial charge in [-0.2, -0.15) is 4.31 Å². The average Bonchev–Trinajstić information content (AvgIpc) is 2.33. The number of piperidine rings is 1. The maximum Gasteiger partial charge on any atom is 0.243 e. The number of anilines is 1. The first-order valence-corrected chi connectivity index (χ1v) is 7.32. The molecule has 94 valence electrons. The molecule has 17 heavy (non-hydrogen) atoms. The molecule has 1 aliphatic heterocycles. The zero-order chi connectivity index (χ0) is 12.5. The lowest BCUT2D eigenvalue weighted by Crippen LogP contribution is -2.35. The molecule has 1 saturated heterocycles. The van der Waals surface area contributed by atoms with Gasteiger partial charge in [0.15, 0.2) is 0 Å². The highest BCUT2D eigenvalue weighted by atomic mass is 32.2. The van der Waals surface area contributed by atoms with E-state index in [-0.39, 0.29) is 0 Å². The van der Waals surface area contributed by atoms with Gasteiger partial charge in [-0.25, -0.2) is 8.42 Å². The molecule has 4 nitrogen and oxygen atoms in total. The normalized spacial score (nSPS) is 18.2. The summed E-state index contributed by atoms with van der Waals surface area (Å²) in [7, 11) is -3.32. The van der Waals surface area contributed by atoms with Crippen molar-refractivity contribution >= 4 is 15.7 Å². The Morgan fingerprint density at radius 2 is 1.82 bits per heavy atom. The van der Waals surface area contributed by atoms with Gasteiger partial charge in [0.1, 0.15) is 0 Å². The zero-order valence-electron chi connectivity index (χ0n) is 10.0. The molecule has 0 aliphatic carbocycles. The Morgan fingerprint density at radius 1 is 1.18 bits per heavy atom. The molecule has 0 atom stereocenters. The van der Waals surface area contributed by atoms with Crippen LogP contribution >= 0.6 is 0 Å². The smallest absolute Gasteiger partial charge is 0.243 e. The summed E-state index contributed by atoms with van der Waals surface area (Å²) >= 11 is 0. The number of benzene rings is 1. The van der Waals surface area contributed by atoms with E-state index >= 15 is 0 Å². The van der Waals surface area contributed by atoms with E-state index in [2.05, 4.69) is 0 Å². The van der Waals surface area contributed by atoms with E-state index in [4.69, 9.17) is 5.73 Å². The highest BCUT2D eigenvalue weighted by Gasteiger charge is 2.25. The molecular weight excluding hydrogens is 236 g/mol. The molecule has 0 radical (unpaired) electrons. The SMILES string of the molecule is Cc1cc(S(=O)(=O)N2CCCCC2)ccc1N. The minimum Gasteiger partial charge on any atom is -0.399 e. The van der Waals surface area contributed by atoms with Crippen LogP contribution in [0.4, 0.5) is 5.69 Å². The molecule has 1 aromatic rings. The summed E-state index contributed by atoms with van der Waals surface area (Å²) in [4.78, 5) is 0.353. The summed E-state index contributed by atoms with van der Waals surface area (Å²) in [6.45, 7) is 3.09. The van der Waals surface area contributed by atoms with Gasteiger partial charge in [-0.15, -0.1) is 0 Å². The van der Waals surface area contributed by atoms with Gasteiger partial charge < -0.3 is 5.73 Å². The van der Waals surface area contributed by atoms with Crippen LogP contribution in [0.15, 0.2) is 23.1 Å². The Bertz CT molecular complexity index is 505. The van der Waals surface area contributed by atoms with Crippen molar-refractivity contribution in [1.82, 2.24) is 4.31 Å². The largest absolute Gasteiger partial charge is 0.399 e. The number of hydrogen-bond donors (Lipinski definition) is 1. The third-order valence-corrected chi connectivity index (χ3v) is 5.09. The highest BCUT2D eigenvalue weighted by molar-refractivity contribution is 7.89. The Labute approximate surface area is 102 Å². The fourth-order valence-electron chi connectivity index (χ4n) is 2.06. The first-order valence-electron chi connectivity index (χ1n) is 5.88. The number of nitrogen functional groups attached to an aromatic ring is 1. The van der Waals surface area contributed by atoms with E-state index in [1.807, 2.05) is 6.92 Å². The van der Waals surface area contributed by atoms with Crippen LogP contribution in [0, 0.1) is 6.92 Å². The monoisotopic (exact) mass is 254 g/mol. The third kappa shape index (κ3) is 2.45. The minimum atomic E-state index is -3.32. The van der Waals surface area contributed by atoms with Gasteiger partial charge in [0.05, 0.1) is 4.90 Å². The van der Waals surface area contributed by atoms with Crippen LogP contribution in [0.25, 0.3) is 0 Å². The van der Waals surface area contributed by atoms with Gasteiger partial charge in [-0.3, -0.25) is 0 Å². The van der Waals surface area contributed by atoms with Crippen molar-refractivity contribution in [3.63, 3.8) is 0 Å². The van der Waals surface area contributed by atoms with Crippen LogP contribution in [0.2, 0.25) is 0 Å². The Morgan fingerprint density at radius 3 is 2.41 bits per heavy atom. The van der Waals surface area contributed by atoms with Gasteiger partial charge in [0, 0.05) is 18.8 Å². The third-order valence-electron chi connectivity index (χ3n) is 3.19. The van der Waals surface area contributed by atoms with Crippen molar-refractivity contribution in [3.05, 3.63) is 23.8 Å². The van der Waals surface area contributed by atoms with Crippen molar-refractivity contribution in [1.29, 1.82) is 0 Å². The quantitative estimate of drug-likeness (QED) is 0.818. The van der Waals surface area contributed by atoms with Gasteiger partial charge in [0.2, 0.25) is 10.0 Å². The number of hydrogen-bond acceptors (Lipinski definition) is 3. The second-order valence-electron chi connectivity index (χ2n) is 4.48. The standard InChI is InChI=1S/C12H18N2O2S/c1-10-9-11(5-6-12(10)13)17(15,16)14-7-3-2-4-8-14/h5-6,9H,2-4,7-8,13H2,1H3. The van der Waals surface area contributed by atoms with E-state index in [1.165, 1.54) is 0 Å². The van der Waals surface area contributed by atoms with Gasteiger partial charge in [-0.05, 0) is 43.5 Å². The highest BCUT2D eigenvalue weighted by Crippen LogP contribution is 2.23. The number of sulfonamides is 1. The van der Waals surface area contributed by atoms with Crippen molar-refractivity contribution in [2.75, 3.05) is 18.8 Å². The summed E-state index contributed by atoms with van der Waals surface area (Å²) in [5, 5.41) is 0. The lowest BCUT2D eigenvalue weighted by molar-refractivity contribution is 0.346. The first kappa shape index (κ1) is 12.4. The van der Waals surface area contributed by atoms with Crippen LogP contribution < -0.4 is 5.73 Å². The first-order chi connectivity index (χ1) is 8.01. The van der Waals surface area contributed by atoms with E-state index in [9.17, 15) is 8.42 Å². The molecule has 0 unspecified atom stereocenters. The van der Waals surface area contributed by atoms with Crippen LogP contribution in [0.3, 0.4) is 0 Å². The molecule has 1 heterocycles. The molecular formula is C12H18N2O2S. The molecule has 1 aromatic carbocycles. The van der Waals surface area contributed by atoms with Crippen LogP contribution in [0.5, 0.6) is 0 Å². The molecule has 0 aromatic heterocycles. The van der Waals surface area contributed by atoms with E-state index in [0.717, 1.165) is 24.8 Å². The molecule has 0 amide bonds. The number of aryl methyl sites for hydroxylation is 1. The molecule has 5 heteroatoms. The molecule has 2 N–H and O–H groups in total. The fourth-order valence-corrected chi connectivity index (χ4v) is 3.67. The summed E-state index contributed by atoms with van der Waals surface area (Å²) < 4.78 is 26.2. The van der Waals surface area contributed by atoms with Gasteiger partial charge in [-0.1, -0.05) is 6.42 Å². The van der Waals surface area contributed by atoms with Gasteiger partial charge in [0.25, 0.3) is 0 Å². The molecule has 0 spiro atoms. The summed E-state index contributed by atoms with van der Waals surface area (Å²) in [6.07, 6.45) is 3.02. The molecule has 0 saturated carbocycles. The summed E-state index contributed by atoms with van der Waals surface area (Å²) in [5.41, 5.74) is 7.14. The summed E-state index contributed by atoms with van der Waals surface area (Å²) in [5.74, 6) is 0. The number of rotatable bonds is 2. The Hall–Kier alpha value is -1.07. The Balaban J connectivity index is 2.33. The maximum atomic E-state index is 12.3. The zero-order valence-corrected chi connectivity index (χ0v) is 10.8. The average molecular weight is 254 g/mol. The topological polar surface area (TPSA) is 63.4 Å². The van der Waals surface area contributed by atoms with Crippen molar-refractivity contribution in [2.24, 2.45) is 0 Å². The Kier molecular flexibility index (Phi) is 3.40. The van der Waals surface area contributed by atoms with E-state index in [1.54, 1.807) is 22.5 Å². The maximum absolute atomic E-state index is 12.3. The van der Waals surface area contributed by atoms with Crippen LogP contribution in [-0.2, 0) is 10.0 Å². The lowest BCUT2D eigenvalue weighted by Gasteiger charge is -2.26. The number of nitrogens with zero attached hydrogens (tertiary/aromatic N) is 1. The van der Waals surface area contributed by atoms with E-state index < -0.39 is 10.0 Å². The fraction of sp³-hybridized carbons (Fsp3) is 0.500. The molecule has 0 bridgehead atoms. The van der Waals surface area contributed by atoms with E-state index in [0.29, 0.717) is 23.7 Å². The molecule has 1 aliphatic rings. The summed E-state index contributed by atoms with van der Waals surface area (Å²) in [6, 6.07) is 4.90. The molecule has 1 fully saturated rings. The second-order valence-corrected chi connectivity index (χ2v) is 6.42. The lowest BCUT2D eigenvalue weighted by atomic mass is 10.2. The predicted molar refractivity (Wildman–Crippen MR) is 68.2 cm³/mol.